The van der Waals surface area contributed by atoms with Crippen molar-refractivity contribution in [1.82, 2.24) is 5.32 Å². The maximum Gasteiger partial charge on any atom is 0.263 e. The van der Waals surface area contributed by atoms with E-state index < -0.39 is 11.6 Å². The standard InChI is InChI=1S/C14H18N2O3/c17-9-14(6-3-7-14)16-13(18)12-8-15-10-4-1-2-5-11(10)19-12/h1-2,4-5,12,15,17H,3,6-9H2,(H,16,18). The molecule has 19 heavy (non-hydrogen) atoms. The molecule has 1 saturated carbocycles. The van der Waals surface area contributed by atoms with E-state index in [0.29, 0.717) is 12.3 Å². The van der Waals surface area contributed by atoms with Gasteiger partial charge in [0, 0.05) is 0 Å². The lowest BCUT2D eigenvalue weighted by molar-refractivity contribution is -0.131. The van der Waals surface area contributed by atoms with E-state index in [-0.39, 0.29) is 12.5 Å². The van der Waals surface area contributed by atoms with E-state index >= 15 is 0 Å². The van der Waals surface area contributed by atoms with Crippen LogP contribution in [0.1, 0.15) is 19.3 Å². The largest absolute Gasteiger partial charge is 0.477 e. The number of anilines is 1. The first-order valence-electron chi connectivity index (χ1n) is 6.65. The number of hydrogen-bond donors (Lipinski definition) is 3. The first kappa shape index (κ1) is 12.3. The number of benzene rings is 1. The summed E-state index contributed by atoms with van der Waals surface area (Å²) in [5.74, 6) is 0.538. The average Bonchev–Trinajstić information content (AvgIpc) is 2.42. The molecule has 1 unspecified atom stereocenters. The fourth-order valence-electron chi connectivity index (χ4n) is 2.53. The van der Waals surface area contributed by atoms with Crippen molar-refractivity contribution < 1.29 is 14.6 Å². The van der Waals surface area contributed by atoms with Crippen LogP contribution in [0.5, 0.6) is 5.75 Å². The first-order chi connectivity index (χ1) is 9.22. The number of amides is 1. The molecule has 102 valence electrons. The monoisotopic (exact) mass is 262 g/mol. The molecule has 0 spiro atoms. The first-order valence-corrected chi connectivity index (χ1v) is 6.65. The number of para-hydroxylation sites is 2. The Hall–Kier alpha value is -1.75. The summed E-state index contributed by atoms with van der Waals surface area (Å²) in [5.41, 5.74) is 0.490. The van der Waals surface area contributed by atoms with Gasteiger partial charge in [-0.25, -0.2) is 0 Å². The Morgan fingerprint density at radius 1 is 1.47 bits per heavy atom. The Kier molecular flexibility index (Phi) is 3.06. The molecule has 1 heterocycles. The molecule has 2 aliphatic rings. The highest BCUT2D eigenvalue weighted by molar-refractivity contribution is 5.83. The fraction of sp³-hybridized carbons (Fsp3) is 0.500. The Balaban J connectivity index is 1.66. The van der Waals surface area contributed by atoms with Crippen LogP contribution in [-0.2, 0) is 4.79 Å². The van der Waals surface area contributed by atoms with Crippen molar-refractivity contribution >= 4 is 11.6 Å². The highest BCUT2D eigenvalue weighted by Crippen LogP contribution is 2.32. The van der Waals surface area contributed by atoms with Gasteiger partial charge < -0.3 is 20.5 Å². The van der Waals surface area contributed by atoms with E-state index in [1.165, 1.54) is 0 Å². The van der Waals surface area contributed by atoms with Crippen LogP contribution < -0.4 is 15.4 Å². The van der Waals surface area contributed by atoms with Crippen LogP contribution >= 0.6 is 0 Å². The highest BCUT2D eigenvalue weighted by atomic mass is 16.5. The van der Waals surface area contributed by atoms with Crippen molar-refractivity contribution in [1.29, 1.82) is 0 Å². The summed E-state index contributed by atoms with van der Waals surface area (Å²) in [6, 6.07) is 7.56. The van der Waals surface area contributed by atoms with E-state index in [0.717, 1.165) is 24.9 Å². The van der Waals surface area contributed by atoms with Crippen LogP contribution in [0.3, 0.4) is 0 Å². The van der Waals surface area contributed by atoms with Gasteiger partial charge in [-0.3, -0.25) is 4.79 Å². The molecule has 1 aliphatic heterocycles. The second-order valence-electron chi connectivity index (χ2n) is 5.26. The summed E-state index contributed by atoms with van der Waals surface area (Å²) >= 11 is 0. The van der Waals surface area contributed by atoms with Crippen molar-refractivity contribution in [2.75, 3.05) is 18.5 Å². The van der Waals surface area contributed by atoms with Crippen LogP contribution in [0.15, 0.2) is 24.3 Å². The molecule has 1 aromatic carbocycles. The third kappa shape index (κ3) is 2.26. The molecule has 3 N–H and O–H groups in total. The Bertz CT molecular complexity index is 480. The van der Waals surface area contributed by atoms with Gasteiger partial charge in [-0.1, -0.05) is 12.1 Å². The maximum atomic E-state index is 12.2. The van der Waals surface area contributed by atoms with Gasteiger partial charge in [0.25, 0.3) is 5.91 Å². The van der Waals surface area contributed by atoms with Crippen LogP contribution in [0.25, 0.3) is 0 Å². The van der Waals surface area contributed by atoms with Gasteiger partial charge in [-0.2, -0.15) is 0 Å². The molecule has 0 radical (unpaired) electrons. The van der Waals surface area contributed by atoms with E-state index in [1.54, 1.807) is 0 Å². The molecule has 0 aromatic heterocycles. The fourth-order valence-corrected chi connectivity index (χ4v) is 2.53. The van der Waals surface area contributed by atoms with Crippen LogP contribution in [-0.4, -0.2) is 35.8 Å². The van der Waals surface area contributed by atoms with Gasteiger partial charge in [0.2, 0.25) is 0 Å². The summed E-state index contributed by atoms with van der Waals surface area (Å²) in [5, 5.41) is 15.5. The molecule has 1 aromatic rings. The summed E-state index contributed by atoms with van der Waals surface area (Å²) < 4.78 is 5.70. The zero-order chi connectivity index (χ0) is 13.3. The molecule has 0 saturated heterocycles. The number of nitrogens with one attached hydrogen (secondary N) is 2. The molecule has 5 nitrogen and oxygen atoms in total. The lowest BCUT2D eigenvalue weighted by Gasteiger charge is -2.42. The molecule has 1 fully saturated rings. The Morgan fingerprint density at radius 2 is 2.26 bits per heavy atom. The molecular weight excluding hydrogens is 244 g/mol. The third-order valence-electron chi connectivity index (χ3n) is 3.93. The van der Waals surface area contributed by atoms with Crippen LogP contribution in [0.4, 0.5) is 5.69 Å². The minimum absolute atomic E-state index is 0.00449. The zero-order valence-corrected chi connectivity index (χ0v) is 10.7. The minimum Gasteiger partial charge on any atom is -0.477 e. The van der Waals surface area contributed by atoms with Crippen molar-refractivity contribution in [2.45, 2.75) is 30.9 Å². The number of ether oxygens (including phenoxy) is 1. The van der Waals surface area contributed by atoms with Gasteiger partial charge in [0.15, 0.2) is 6.10 Å². The molecule has 0 bridgehead atoms. The predicted molar refractivity (Wildman–Crippen MR) is 71.2 cm³/mol. The lowest BCUT2D eigenvalue weighted by atomic mass is 9.77. The van der Waals surface area contributed by atoms with Crippen LogP contribution in [0, 0.1) is 0 Å². The third-order valence-corrected chi connectivity index (χ3v) is 3.93. The number of aliphatic hydroxyl groups excluding tert-OH is 1. The number of aliphatic hydroxyl groups is 1. The summed E-state index contributed by atoms with van der Waals surface area (Å²) in [6.45, 7) is 0.444. The number of rotatable bonds is 3. The summed E-state index contributed by atoms with van der Waals surface area (Å²) in [6.07, 6.45) is 2.18. The number of fused-ring (bicyclic) bond motifs is 1. The Morgan fingerprint density at radius 3 is 2.95 bits per heavy atom. The average molecular weight is 262 g/mol. The smallest absolute Gasteiger partial charge is 0.263 e. The van der Waals surface area contributed by atoms with E-state index in [4.69, 9.17) is 4.74 Å². The second kappa shape index (κ2) is 4.74. The Labute approximate surface area is 112 Å². The summed E-state index contributed by atoms with van der Waals surface area (Å²) in [4.78, 5) is 12.2. The normalized spacial score (nSPS) is 23.3. The van der Waals surface area contributed by atoms with Crippen molar-refractivity contribution in [2.24, 2.45) is 0 Å². The SMILES string of the molecule is O=C(NC1(CO)CCC1)C1CNc2ccccc2O1. The maximum absolute atomic E-state index is 12.2. The molecule has 1 aliphatic carbocycles. The van der Waals surface area contributed by atoms with Gasteiger partial charge in [-0.15, -0.1) is 0 Å². The van der Waals surface area contributed by atoms with Gasteiger partial charge in [0.1, 0.15) is 5.75 Å². The van der Waals surface area contributed by atoms with Crippen molar-refractivity contribution in [3.8, 4) is 5.75 Å². The van der Waals surface area contributed by atoms with Gasteiger partial charge in [0.05, 0.1) is 24.4 Å². The van der Waals surface area contributed by atoms with Crippen molar-refractivity contribution in [3.63, 3.8) is 0 Å². The number of carbonyl (C=O) groups is 1. The summed E-state index contributed by atoms with van der Waals surface area (Å²) in [7, 11) is 0. The van der Waals surface area contributed by atoms with E-state index in [1.807, 2.05) is 24.3 Å². The lowest BCUT2D eigenvalue weighted by Crippen LogP contribution is -2.60. The predicted octanol–water partition coefficient (Wildman–Crippen LogP) is 0.891. The van der Waals surface area contributed by atoms with Crippen LogP contribution in [0.2, 0.25) is 0 Å². The zero-order valence-electron chi connectivity index (χ0n) is 10.7. The molecular formula is C14H18N2O3. The molecule has 3 rings (SSSR count). The van der Waals surface area contributed by atoms with Gasteiger partial charge >= 0.3 is 0 Å². The molecule has 5 heteroatoms. The van der Waals surface area contributed by atoms with Gasteiger partial charge in [-0.05, 0) is 31.4 Å². The van der Waals surface area contributed by atoms with E-state index in [9.17, 15) is 9.90 Å². The minimum atomic E-state index is -0.543. The molecule has 1 atom stereocenters. The quantitative estimate of drug-likeness (QED) is 0.756. The number of hydrogen-bond acceptors (Lipinski definition) is 4. The highest BCUT2D eigenvalue weighted by Gasteiger charge is 2.40. The number of carbonyl (C=O) groups excluding carboxylic acids is 1. The molecule has 1 amide bonds. The van der Waals surface area contributed by atoms with Crippen molar-refractivity contribution in [3.05, 3.63) is 24.3 Å². The van der Waals surface area contributed by atoms with E-state index in [2.05, 4.69) is 10.6 Å². The second-order valence-corrected chi connectivity index (χ2v) is 5.26. The topological polar surface area (TPSA) is 70.6 Å².